The number of fused-ring (bicyclic) bond motifs is 1. The topological polar surface area (TPSA) is 81.9 Å². The lowest BCUT2D eigenvalue weighted by Gasteiger charge is -2.25. The van der Waals surface area contributed by atoms with Crippen LogP contribution in [-0.4, -0.2) is 28.5 Å². The molecule has 0 saturated carbocycles. The minimum atomic E-state index is -0.473. The lowest BCUT2D eigenvalue weighted by Crippen LogP contribution is -2.40. The minimum absolute atomic E-state index is 0.0989. The Labute approximate surface area is 200 Å². The maximum absolute atomic E-state index is 13.2. The molecule has 0 spiro atoms. The Bertz CT molecular complexity index is 1350. The summed E-state index contributed by atoms with van der Waals surface area (Å²) in [6.07, 6.45) is 3.21. The molecule has 1 aliphatic heterocycles. The van der Waals surface area contributed by atoms with Crippen LogP contribution in [0.5, 0.6) is 0 Å². The van der Waals surface area contributed by atoms with Gasteiger partial charge >= 0.3 is 0 Å². The molecule has 4 aromatic rings. The van der Waals surface area contributed by atoms with Crippen LogP contribution in [0.15, 0.2) is 66.3 Å². The number of thiophene rings is 1. The third kappa shape index (κ3) is 4.15. The van der Waals surface area contributed by atoms with E-state index >= 15 is 0 Å². The summed E-state index contributed by atoms with van der Waals surface area (Å²) in [6, 6.07) is 18.9. The summed E-state index contributed by atoms with van der Waals surface area (Å²) in [7, 11) is 0. The quantitative estimate of drug-likeness (QED) is 0.407. The van der Waals surface area contributed by atoms with Crippen molar-refractivity contribution < 1.29 is 4.79 Å². The molecule has 5 rings (SSSR count). The van der Waals surface area contributed by atoms with Crippen molar-refractivity contribution in [3.05, 3.63) is 82.5 Å². The smallest absolute Gasteiger partial charge is 0.247 e. The van der Waals surface area contributed by atoms with Crippen LogP contribution >= 0.6 is 22.9 Å². The highest BCUT2D eigenvalue weighted by atomic mass is 35.5. The van der Waals surface area contributed by atoms with Gasteiger partial charge < -0.3 is 10.2 Å². The average Bonchev–Trinajstić information content (AvgIpc) is 3.51. The minimum Gasteiger partial charge on any atom is -0.344 e. The normalized spacial score (nSPS) is 16.5. The maximum Gasteiger partial charge on any atom is 0.247 e. The fourth-order valence-electron chi connectivity index (χ4n) is 4.33. The van der Waals surface area contributed by atoms with Gasteiger partial charge in [0.15, 0.2) is 0 Å². The van der Waals surface area contributed by atoms with Crippen LogP contribution in [0.3, 0.4) is 0 Å². The van der Waals surface area contributed by atoms with Crippen molar-refractivity contribution in [3.63, 3.8) is 0 Å². The van der Waals surface area contributed by atoms with Crippen LogP contribution < -0.4 is 10.2 Å². The standard InChI is InChI=1S/C25H20ClN5OS/c26-21-13-17(8-9-18(21)20(14-27)16-5-2-1-3-6-16)30-24(32)22-7-4-11-31(22)23-19-10-12-33-25(19)29-15-28-23/h1-3,5-6,8-10,12-13,15,20,22H,4,7,11H2,(H,30,32). The lowest BCUT2D eigenvalue weighted by atomic mass is 9.92. The highest BCUT2D eigenvalue weighted by molar-refractivity contribution is 7.16. The van der Waals surface area contributed by atoms with Gasteiger partial charge in [-0.15, -0.1) is 11.3 Å². The van der Waals surface area contributed by atoms with Crippen LogP contribution in [0.2, 0.25) is 5.02 Å². The van der Waals surface area contributed by atoms with Crippen molar-refractivity contribution in [2.45, 2.75) is 24.8 Å². The van der Waals surface area contributed by atoms with Gasteiger partial charge in [-0.25, -0.2) is 9.97 Å². The van der Waals surface area contributed by atoms with Gasteiger partial charge in [0.1, 0.15) is 23.0 Å². The number of anilines is 2. The molecule has 164 valence electrons. The van der Waals surface area contributed by atoms with E-state index in [2.05, 4.69) is 26.3 Å². The molecule has 2 aromatic carbocycles. The summed E-state index contributed by atoms with van der Waals surface area (Å²) in [5.74, 6) is 0.227. The van der Waals surface area contributed by atoms with E-state index in [1.807, 2.05) is 47.8 Å². The van der Waals surface area contributed by atoms with Crippen molar-refractivity contribution in [3.8, 4) is 6.07 Å². The largest absolute Gasteiger partial charge is 0.344 e. The highest BCUT2D eigenvalue weighted by Gasteiger charge is 2.33. The summed E-state index contributed by atoms with van der Waals surface area (Å²) in [5, 5.41) is 16.1. The van der Waals surface area contributed by atoms with Crippen LogP contribution in [-0.2, 0) is 4.79 Å². The van der Waals surface area contributed by atoms with E-state index in [1.165, 1.54) is 0 Å². The number of hydrogen-bond donors (Lipinski definition) is 1. The summed E-state index contributed by atoms with van der Waals surface area (Å²) in [4.78, 5) is 25.0. The number of nitrogens with zero attached hydrogens (tertiary/aromatic N) is 4. The Hall–Kier alpha value is -3.47. The Morgan fingerprint density at radius 2 is 2.06 bits per heavy atom. The van der Waals surface area contributed by atoms with Gasteiger partial charge in [-0.05, 0) is 47.5 Å². The second-order valence-electron chi connectivity index (χ2n) is 7.89. The molecule has 8 heteroatoms. The highest BCUT2D eigenvalue weighted by Crippen LogP contribution is 2.34. The van der Waals surface area contributed by atoms with E-state index in [4.69, 9.17) is 11.6 Å². The summed E-state index contributed by atoms with van der Waals surface area (Å²) >= 11 is 8.11. The Morgan fingerprint density at radius 1 is 1.21 bits per heavy atom. The first-order valence-electron chi connectivity index (χ1n) is 10.7. The summed E-state index contributed by atoms with van der Waals surface area (Å²) in [5.41, 5.74) is 2.20. The molecule has 1 N–H and O–H groups in total. The van der Waals surface area contributed by atoms with E-state index in [-0.39, 0.29) is 11.9 Å². The number of amides is 1. The Kier molecular flexibility index (Phi) is 5.95. The van der Waals surface area contributed by atoms with Crippen molar-refractivity contribution in [2.24, 2.45) is 0 Å². The molecule has 2 atom stereocenters. The lowest BCUT2D eigenvalue weighted by molar-refractivity contribution is -0.117. The third-order valence-corrected chi connectivity index (χ3v) is 7.06. The van der Waals surface area contributed by atoms with Gasteiger partial charge in [0, 0.05) is 17.3 Å². The fourth-order valence-corrected chi connectivity index (χ4v) is 5.35. The van der Waals surface area contributed by atoms with E-state index in [0.29, 0.717) is 16.3 Å². The second-order valence-corrected chi connectivity index (χ2v) is 9.19. The molecule has 0 bridgehead atoms. The first-order chi connectivity index (χ1) is 16.2. The number of halogens is 1. The molecule has 3 heterocycles. The second kappa shape index (κ2) is 9.18. The average molecular weight is 474 g/mol. The zero-order valence-electron chi connectivity index (χ0n) is 17.6. The van der Waals surface area contributed by atoms with Crippen LogP contribution in [0.1, 0.15) is 29.9 Å². The number of carbonyl (C=O) groups excluding carboxylic acids is 1. The van der Waals surface area contributed by atoms with Gasteiger partial charge in [-0.3, -0.25) is 4.79 Å². The molecule has 0 radical (unpaired) electrons. The molecule has 1 fully saturated rings. The Morgan fingerprint density at radius 3 is 2.85 bits per heavy atom. The van der Waals surface area contributed by atoms with E-state index in [1.54, 1.807) is 29.8 Å². The number of benzene rings is 2. The van der Waals surface area contributed by atoms with Gasteiger partial charge in [-0.1, -0.05) is 48.0 Å². The number of hydrogen-bond acceptors (Lipinski definition) is 6. The number of rotatable bonds is 5. The first-order valence-corrected chi connectivity index (χ1v) is 11.9. The zero-order valence-corrected chi connectivity index (χ0v) is 19.2. The van der Waals surface area contributed by atoms with Crippen molar-refractivity contribution >= 4 is 50.6 Å². The monoisotopic (exact) mass is 473 g/mol. The molecule has 2 unspecified atom stereocenters. The van der Waals surface area contributed by atoms with Crippen LogP contribution in [0.25, 0.3) is 10.2 Å². The van der Waals surface area contributed by atoms with E-state index in [9.17, 15) is 10.1 Å². The van der Waals surface area contributed by atoms with E-state index < -0.39 is 5.92 Å². The zero-order chi connectivity index (χ0) is 22.8. The fraction of sp³-hybridized carbons (Fsp3) is 0.200. The molecule has 0 aliphatic carbocycles. The van der Waals surface area contributed by atoms with Gasteiger partial charge in [-0.2, -0.15) is 5.26 Å². The summed E-state index contributed by atoms with van der Waals surface area (Å²) < 4.78 is 0. The van der Waals surface area contributed by atoms with Crippen LogP contribution in [0.4, 0.5) is 11.5 Å². The first kappa shape index (κ1) is 21.4. The van der Waals surface area contributed by atoms with Gasteiger partial charge in [0.2, 0.25) is 5.91 Å². The molecule has 6 nitrogen and oxygen atoms in total. The maximum atomic E-state index is 13.2. The summed E-state index contributed by atoms with van der Waals surface area (Å²) in [6.45, 7) is 0.765. The van der Waals surface area contributed by atoms with Crippen molar-refractivity contribution in [1.29, 1.82) is 5.26 Å². The van der Waals surface area contributed by atoms with Gasteiger partial charge in [0.05, 0.1) is 17.4 Å². The van der Waals surface area contributed by atoms with Crippen LogP contribution in [0, 0.1) is 11.3 Å². The number of carbonyl (C=O) groups is 1. The SMILES string of the molecule is N#CC(c1ccccc1)c1ccc(NC(=O)C2CCCN2c2ncnc3sccc23)cc1Cl. The van der Waals surface area contributed by atoms with Crippen molar-refractivity contribution in [1.82, 2.24) is 9.97 Å². The predicted octanol–water partition coefficient (Wildman–Crippen LogP) is 5.61. The number of nitrogens with one attached hydrogen (secondary N) is 1. The van der Waals surface area contributed by atoms with E-state index in [0.717, 1.165) is 41.0 Å². The Balaban J connectivity index is 1.36. The molecular weight excluding hydrogens is 454 g/mol. The molecule has 33 heavy (non-hydrogen) atoms. The molecular formula is C25H20ClN5OS. The van der Waals surface area contributed by atoms with Crippen molar-refractivity contribution in [2.75, 3.05) is 16.8 Å². The predicted molar refractivity (Wildman–Crippen MR) is 132 cm³/mol. The van der Waals surface area contributed by atoms with Gasteiger partial charge in [0.25, 0.3) is 0 Å². The molecule has 1 aliphatic rings. The molecule has 1 saturated heterocycles. The number of nitriles is 1. The molecule has 2 aromatic heterocycles. The molecule has 1 amide bonds. The number of aromatic nitrogens is 2. The third-order valence-electron chi connectivity index (χ3n) is 5.91.